The zero-order valence-corrected chi connectivity index (χ0v) is 25.3. The highest BCUT2D eigenvalue weighted by Crippen LogP contribution is 2.77. The maximum Gasteiger partial charge on any atom is 0.309 e. The van der Waals surface area contributed by atoms with Crippen molar-refractivity contribution in [3.63, 3.8) is 0 Å². The number of aliphatic hydroxyl groups is 5. The normalized spacial score (nSPS) is 60.0. The summed E-state index contributed by atoms with van der Waals surface area (Å²) >= 11 is 0. The minimum Gasteiger partial charge on any atom is -0.456 e. The Morgan fingerprint density at radius 2 is 1.76 bits per heavy atom. The molecule has 16 atom stereocenters. The molecule has 4 saturated carbocycles. The average molecular weight is 578 g/mol. The van der Waals surface area contributed by atoms with Gasteiger partial charge in [0.2, 0.25) is 5.79 Å². The fraction of sp³-hybridized carbons (Fsp3) is 0.969. The monoisotopic (exact) mass is 577 g/mol. The SMILES string of the molecule is CC[C@@H](C)C(=O)O[C@H]1CC[C@@]2(C)[C@@H]3CC[C@H]4[C@]5(O)[C@@H](O)[C@H](O)[C@H]6[C@@H](CN7C[C@@H](C)CC[C@H]7[C@@]6(C)O)[C@@H]5C[C@@]42O[C@]13O. The summed E-state index contributed by atoms with van der Waals surface area (Å²) in [5, 5.41) is 60.5. The van der Waals surface area contributed by atoms with Crippen LogP contribution in [0.25, 0.3) is 0 Å². The van der Waals surface area contributed by atoms with Gasteiger partial charge in [0, 0.05) is 42.3 Å². The summed E-state index contributed by atoms with van der Waals surface area (Å²) in [5.41, 5.74) is -4.26. The zero-order valence-electron chi connectivity index (χ0n) is 25.3. The van der Waals surface area contributed by atoms with Gasteiger partial charge < -0.3 is 35.0 Å². The van der Waals surface area contributed by atoms with Gasteiger partial charge in [-0.15, -0.1) is 0 Å². The molecule has 0 aromatic rings. The lowest BCUT2D eigenvalue weighted by molar-refractivity contribution is -0.293. The number of carbonyl (C=O) groups is 1. The molecule has 41 heavy (non-hydrogen) atoms. The van der Waals surface area contributed by atoms with Crippen molar-refractivity contribution in [3.8, 4) is 0 Å². The second-order valence-electron chi connectivity index (χ2n) is 15.8. The van der Waals surface area contributed by atoms with Gasteiger partial charge in [0.25, 0.3) is 0 Å². The van der Waals surface area contributed by atoms with Crippen LogP contribution in [0.3, 0.4) is 0 Å². The molecule has 7 fully saturated rings. The summed E-state index contributed by atoms with van der Waals surface area (Å²) in [6, 6.07) is -0.0969. The second kappa shape index (κ2) is 8.89. The van der Waals surface area contributed by atoms with Crippen molar-refractivity contribution in [1.29, 1.82) is 0 Å². The fourth-order valence-corrected chi connectivity index (χ4v) is 12.0. The third kappa shape index (κ3) is 3.35. The minimum atomic E-state index is -1.66. The predicted molar refractivity (Wildman–Crippen MR) is 148 cm³/mol. The van der Waals surface area contributed by atoms with E-state index >= 15 is 0 Å². The number of ether oxygens (including phenoxy) is 2. The van der Waals surface area contributed by atoms with Crippen LogP contribution in [0.5, 0.6) is 0 Å². The van der Waals surface area contributed by atoms with Crippen LogP contribution in [-0.4, -0.2) is 96.4 Å². The molecule has 5 N–H and O–H groups in total. The average Bonchev–Trinajstić information content (AvgIpc) is 3.16. The molecule has 232 valence electrons. The van der Waals surface area contributed by atoms with Crippen LogP contribution in [0.2, 0.25) is 0 Å². The van der Waals surface area contributed by atoms with E-state index in [0.29, 0.717) is 51.0 Å². The van der Waals surface area contributed by atoms with E-state index in [-0.39, 0.29) is 29.8 Å². The topological polar surface area (TPSA) is 140 Å². The van der Waals surface area contributed by atoms with Gasteiger partial charge in [-0.3, -0.25) is 9.69 Å². The number of rotatable bonds is 3. The van der Waals surface area contributed by atoms with E-state index in [9.17, 15) is 30.3 Å². The van der Waals surface area contributed by atoms with Crippen LogP contribution in [0.15, 0.2) is 0 Å². The van der Waals surface area contributed by atoms with Gasteiger partial charge in [-0.1, -0.05) is 27.7 Å². The van der Waals surface area contributed by atoms with Gasteiger partial charge in [0.1, 0.15) is 11.7 Å². The first-order valence-corrected chi connectivity index (χ1v) is 16.3. The number of fused-ring (bicyclic) bond motifs is 5. The molecule has 3 heterocycles. The van der Waals surface area contributed by atoms with Gasteiger partial charge in [-0.2, -0.15) is 0 Å². The van der Waals surface area contributed by atoms with Crippen LogP contribution in [-0.2, 0) is 14.3 Å². The molecule has 0 radical (unpaired) electrons. The van der Waals surface area contributed by atoms with Crippen molar-refractivity contribution in [2.24, 2.45) is 46.8 Å². The fourth-order valence-electron chi connectivity index (χ4n) is 12.0. The van der Waals surface area contributed by atoms with Gasteiger partial charge in [-0.05, 0) is 76.0 Å². The Balaban J connectivity index is 1.28. The maximum absolute atomic E-state index is 12.8. The summed E-state index contributed by atoms with van der Waals surface area (Å²) in [5.74, 6) is -3.76. The number of piperidine rings is 2. The molecule has 3 aliphatic heterocycles. The van der Waals surface area contributed by atoms with Crippen LogP contribution in [0.1, 0.15) is 86.0 Å². The van der Waals surface area contributed by atoms with Crippen LogP contribution >= 0.6 is 0 Å². The van der Waals surface area contributed by atoms with Crippen molar-refractivity contribution in [3.05, 3.63) is 0 Å². The number of hydrogen-bond donors (Lipinski definition) is 5. The standard InChI is InChI=1S/C32H51NO8/c1-6-17(3)27(36)40-23-11-12-28(4)20-8-9-21-30(28,41-32(20,23)39)13-19-18-15-33-14-16(2)7-10-22(33)29(5,37)24(18)25(34)26(35)31(19,21)38/h16-26,34-35,37-39H,6-15H2,1-5H3/t16-,17+,18-,19-,20-,21+,22-,23-,24+,25+,26-,28-,29+,30+,31-,32-/m0/s1. The van der Waals surface area contributed by atoms with E-state index in [1.807, 2.05) is 20.8 Å². The molecular formula is C32H51NO8. The molecule has 4 aliphatic carbocycles. The highest BCUT2D eigenvalue weighted by Gasteiger charge is 2.85. The van der Waals surface area contributed by atoms with Crippen LogP contribution in [0.4, 0.5) is 0 Å². The maximum atomic E-state index is 12.8. The van der Waals surface area contributed by atoms with Gasteiger partial charge in [-0.25, -0.2) is 0 Å². The largest absolute Gasteiger partial charge is 0.456 e. The molecule has 4 bridgehead atoms. The Bertz CT molecular complexity index is 1100. The molecule has 0 aromatic heterocycles. The zero-order chi connectivity index (χ0) is 29.5. The Hall–Kier alpha value is -0.810. The third-order valence-corrected chi connectivity index (χ3v) is 14.1. The van der Waals surface area contributed by atoms with Crippen molar-refractivity contribution >= 4 is 5.97 Å². The van der Waals surface area contributed by atoms with E-state index in [0.717, 1.165) is 19.4 Å². The Labute approximate surface area is 243 Å². The molecule has 7 aliphatic rings. The number of nitrogens with zero attached hydrogens (tertiary/aromatic N) is 1. The van der Waals surface area contributed by atoms with Gasteiger partial charge in [0.05, 0.1) is 23.2 Å². The molecule has 7 rings (SSSR count). The van der Waals surface area contributed by atoms with E-state index in [2.05, 4.69) is 18.7 Å². The molecule has 0 unspecified atom stereocenters. The van der Waals surface area contributed by atoms with E-state index in [1.165, 1.54) is 0 Å². The summed E-state index contributed by atoms with van der Waals surface area (Å²) in [7, 11) is 0. The second-order valence-corrected chi connectivity index (χ2v) is 15.8. The van der Waals surface area contributed by atoms with Gasteiger partial charge >= 0.3 is 5.97 Å². The Morgan fingerprint density at radius 1 is 1.05 bits per heavy atom. The molecule has 1 spiro atoms. The first-order chi connectivity index (χ1) is 19.2. The summed E-state index contributed by atoms with van der Waals surface area (Å²) in [6.45, 7) is 11.5. The van der Waals surface area contributed by atoms with Crippen molar-refractivity contribution < 1.29 is 39.8 Å². The number of hydrogen-bond acceptors (Lipinski definition) is 9. The smallest absolute Gasteiger partial charge is 0.309 e. The lowest BCUT2D eigenvalue weighted by Gasteiger charge is -2.63. The first-order valence-electron chi connectivity index (χ1n) is 16.3. The third-order valence-electron chi connectivity index (χ3n) is 14.1. The van der Waals surface area contributed by atoms with Crippen molar-refractivity contribution in [2.75, 3.05) is 13.1 Å². The first kappa shape index (κ1) is 28.9. The minimum absolute atomic E-state index is 0.0969. The van der Waals surface area contributed by atoms with Crippen LogP contribution in [0, 0.1) is 46.8 Å². The van der Waals surface area contributed by atoms with E-state index in [1.54, 1.807) is 0 Å². The van der Waals surface area contributed by atoms with Crippen molar-refractivity contribution in [2.45, 2.75) is 133 Å². The summed E-state index contributed by atoms with van der Waals surface area (Å²) in [4.78, 5) is 15.2. The number of carbonyl (C=O) groups excluding carboxylic acids is 1. The molecule has 3 saturated heterocycles. The molecular weight excluding hydrogens is 526 g/mol. The number of aliphatic hydroxyl groups excluding tert-OH is 2. The lowest BCUT2D eigenvalue weighted by atomic mass is 9.49. The molecule has 9 nitrogen and oxygen atoms in total. The summed E-state index contributed by atoms with van der Waals surface area (Å²) in [6.07, 6.45) is 1.72. The lowest BCUT2D eigenvalue weighted by Crippen LogP contribution is -2.76. The van der Waals surface area contributed by atoms with E-state index in [4.69, 9.17) is 9.47 Å². The highest BCUT2D eigenvalue weighted by atomic mass is 16.7. The van der Waals surface area contributed by atoms with E-state index < -0.39 is 64.1 Å². The molecule has 9 heteroatoms. The Morgan fingerprint density at radius 3 is 2.46 bits per heavy atom. The van der Waals surface area contributed by atoms with Crippen LogP contribution < -0.4 is 0 Å². The highest BCUT2D eigenvalue weighted by molar-refractivity contribution is 5.72. The predicted octanol–water partition coefficient (Wildman–Crippen LogP) is 1.81. The molecule has 0 aromatic carbocycles. The number of esters is 1. The van der Waals surface area contributed by atoms with Gasteiger partial charge in [0.15, 0.2) is 6.10 Å². The molecule has 0 amide bonds. The Kier molecular flexibility index (Phi) is 6.27. The summed E-state index contributed by atoms with van der Waals surface area (Å²) < 4.78 is 12.8. The van der Waals surface area contributed by atoms with Crippen molar-refractivity contribution in [1.82, 2.24) is 4.90 Å². The quantitative estimate of drug-likeness (QED) is 0.318.